The van der Waals surface area contributed by atoms with Gasteiger partial charge in [0, 0.05) is 18.6 Å². The van der Waals surface area contributed by atoms with E-state index in [0.717, 1.165) is 12.8 Å². The van der Waals surface area contributed by atoms with E-state index in [1.165, 1.54) is 12.8 Å². The van der Waals surface area contributed by atoms with Crippen LogP contribution in [0.5, 0.6) is 0 Å². The SMILES string of the molecule is CCN1C(=O)NC(=N)C12CC1CCC(C2)N1C. The molecule has 2 N–H and O–H groups in total. The van der Waals surface area contributed by atoms with Gasteiger partial charge in [-0.1, -0.05) is 0 Å². The highest BCUT2D eigenvalue weighted by Gasteiger charge is 2.56. The molecule has 3 rings (SSSR count). The number of nitrogens with zero attached hydrogens (tertiary/aromatic N) is 2. The van der Waals surface area contributed by atoms with Crippen LogP contribution in [0, 0.1) is 5.41 Å². The number of piperidine rings is 1. The second kappa shape index (κ2) is 3.45. The number of fused-ring (bicyclic) bond motifs is 2. The monoisotopic (exact) mass is 236 g/mol. The van der Waals surface area contributed by atoms with Gasteiger partial charge in [-0.25, -0.2) is 4.79 Å². The Bertz CT molecular complexity index is 367. The Morgan fingerprint density at radius 3 is 2.53 bits per heavy atom. The van der Waals surface area contributed by atoms with Gasteiger partial charge >= 0.3 is 6.03 Å². The third-order valence-electron chi connectivity index (χ3n) is 4.91. The summed E-state index contributed by atoms with van der Waals surface area (Å²) < 4.78 is 0. The third-order valence-corrected chi connectivity index (χ3v) is 4.91. The van der Waals surface area contributed by atoms with Crippen LogP contribution in [0.15, 0.2) is 0 Å². The molecule has 3 fully saturated rings. The van der Waals surface area contributed by atoms with E-state index in [-0.39, 0.29) is 11.6 Å². The molecule has 2 bridgehead atoms. The van der Waals surface area contributed by atoms with Gasteiger partial charge in [0.25, 0.3) is 0 Å². The summed E-state index contributed by atoms with van der Waals surface area (Å²) in [7, 11) is 2.18. The molecule has 5 nitrogen and oxygen atoms in total. The first-order valence-electron chi connectivity index (χ1n) is 6.48. The lowest BCUT2D eigenvalue weighted by Crippen LogP contribution is -2.59. The molecular formula is C12H20N4O. The number of amidine groups is 1. The average Bonchev–Trinajstić information content (AvgIpc) is 2.64. The van der Waals surface area contributed by atoms with Crippen LogP contribution in [-0.4, -0.2) is 52.9 Å². The minimum absolute atomic E-state index is 0.0820. The van der Waals surface area contributed by atoms with Crippen LogP contribution in [0.2, 0.25) is 0 Å². The molecule has 0 aliphatic carbocycles. The molecule has 94 valence electrons. The fourth-order valence-corrected chi connectivity index (χ4v) is 3.94. The quantitative estimate of drug-likeness (QED) is 0.713. The van der Waals surface area contributed by atoms with Crippen LogP contribution in [0.4, 0.5) is 4.79 Å². The zero-order valence-corrected chi connectivity index (χ0v) is 10.5. The Kier molecular flexibility index (Phi) is 2.23. The van der Waals surface area contributed by atoms with Crippen LogP contribution in [0.3, 0.4) is 0 Å². The Labute approximate surface area is 102 Å². The van der Waals surface area contributed by atoms with E-state index in [9.17, 15) is 4.79 Å². The largest absolute Gasteiger partial charge is 0.323 e. The molecule has 3 saturated heterocycles. The first-order valence-corrected chi connectivity index (χ1v) is 6.48. The van der Waals surface area contributed by atoms with Gasteiger partial charge in [0.05, 0.1) is 0 Å². The van der Waals surface area contributed by atoms with Crippen LogP contribution in [0.1, 0.15) is 32.6 Å². The van der Waals surface area contributed by atoms with Crippen molar-refractivity contribution in [3.05, 3.63) is 0 Å². The van der Waals surface area contributed by atoms with E-state index in [0.29, 0.717) is 24.5 Å². The number of hydrogen-bond donors (Lipinski definition) is 2. The minimum Gasteiger partial charge on any atom is -0.312 e. The molecule has 5 heteroatoms. The Morgan fingerprint density at radius 1 is 1.41 bits per heavy atom. The highest BCUT2D eigenvalue weighted by Crippen LogP contribution is 2.44. The maximum Gasteiger partial charge on any atom is 0.323 e. The van der Waals surface area contributed by atoms with Gasteiger partial charge in [0.1, 0.15) is 11.4 Å². The van der Waals surface area contributed by atoms with E-state index in [2.05, 4.69) is 17.3 Å². The van der Waals surface area contributed by atoms with Gasteiger partial charge in [-0.05, 0) is 39.7 Å². The predicted octanol–water partition coefficient (Wildman–Crippen LogP) is 1.00. The summed E-state index contributed by atoms with van der Waals surface area (Å²) in [6.07, 6.45) is 4.26. The predicted molar refractivity (Wildman–Crippen MR) is 65.2 cm³/mol. The number of nitrogens with one attached hydrogen (secondary N) is 2. The molecule has 0 saturated carbocycles. The van der Waals surface area contributed by atoms with Gasteiger partial charge in [-0.15, -0.1) is 0 Å². The van der Waals surface area contributed by atoms with Crippen LogP contribution in [0.25, 0.3) is 0 Å². The number of hydrogen-bond acceptors (Lipinski definition) is 3. The first kappa shape index (κ1) is 11.0. The van der Waals surface area contributed by atoms with Gasteiger partial charge in [-0.2, -0.15) is 0 Å². The number of urea groups is 1. The fraction of sp³-hybridized carbons (Fsp3) is 0.833. The molecule has 0 aromatic carbocycles. The summed E-state index contributed by atoms with van der Waals surface area (Å²) in [6, 6.07) is 0.994. The average molecular weight is 236 g/mol. The minimum atomic E-state index is -0.329. The standard InChI is InChI=1S/C12H20N4O/c1-3-16-11(17)14-10(13)12(16)6-8-4-5-9(7-12)15(8)2/h8-9H,3-7H2,1-2H3,(H2,13,14,17). The van der Waals surface area contributed by atoms with Crippen LogP contribution < -0.4 is 5.32 Å². The molecule has 3 aliphatic rings. The van der Waals surface area contributed by atoms with Crippen molar-refractivity contribution in [2.75, 3.05) is 13.6 Å². The van der Waals surface area contributed by atoms with Gasteiger partial charge in [0.2, 0.25) is 0 Å². The summed E-state index contributed by atoms with van der Waals surface area (Å²) in [5.74, 6) is 0.425. The lowest BCUT2D eigenvalue weighted by atomic mass is 9.81. The summed E-state index contributed by atoms with van der Waals surface area (Å²) in [5.41, 5.74) is -0.329. The number of carbonyl (C=O) groups excluding carboxylic acids is 1. The van der Waals surface area contributed by atoms with Crippen LogP contribution >= 0.6 is 0 Å². The zero-order valence-electron chi connectivity index (χ0n) is 10.5. The number of likely N-dealkylation sites (N-methyl/N-ethyl adjacent to an activating group) is 1. The molecule has 0 aromatic heterocycles. The summed E-state index contributed by atoms with van der Waals surface area (Å²) in [4.78, 5) is 16.2. The molecule has 2 amide bonds. The second-order valence-corrected chi connectivity index (χ2v) is 5.54. The summed E-state index contributed by atoms with van der Waals surface area (Å²) in [5, 5.41) is 10.9. The normalized spacial score (nSPS) is 41.4. The topological polar surface area (TPSA) is 59.4 Å². The number of rotatable bonds is 1. The summed E-state index contributed by atoms with van der Waals surface area (Å²) in [6.45, 7) is 2.69. The van der Waals surface area contributed by atoms with Crippen LogP contribution in [-0.2, 0) is 0 Å². The zero-order chi connectivity index (χ0) is 12.2. The third kappa shape index (κ3) is 1.29. The molecule has 1 spiro atoms. The van der Waals surface area contributed by atoms with Crippen molar-refractivity contribution in [1.82, 2.24) is 15.1 Å². The van der Waals surface area contributed by atoms with Crippen molar-refractivity contribution in [2.24, 2.45) is 0 Å². The van der Waals surface area contributed by atoms with Gasteiger partial charge in [0.15, 0.2) is 0 Å². The molecule has 2 unspecified atom stereocenters. The smallest absolute Gasteiger partial charge is 0.312 e. The molecule has 3 heterocycles. The lowest BCUT2D eigenvalue weighted by Gasteiger charge is -2.46. The van der Waals surface area contributed by atoms with Crippen molar-refractivity contribution in [2.45, 2.75) is 50.2 Å². The van der Waals surface area contributed by atoms with Crippen molar-refractivity contribution in [3.8, 4) is 0 Å². The Hall–Kier alpha value is -1.10. The van der Waals surface area contributed by atoms with Crippen molar-refractivity contribution in [1.29, 1.82) is 5.41 Å². The lowest BCUT2D eigenvalue weighted by molar-refractivity contribution is 0.0729. The first-order chi connectivity index (χ1) is 8.08. The molecule has 17 heavy (non-hydrogen) atoms. The van der Waals surface area contributed by atoms with Crippen molar-refractivity contribution >= 4 is 11.9 Å². The van der Waals surface area contributed by atoms with E-state index in [4.69, 9.17) is 5.41 Å². The molecular weight excluding hydrogens is 216 g/mol. The molecule has 2 atom stereocenters. The summed E-state index contributed by atoms with van der Waals surface area (Å²) >= 11 is 0. The highest BCUT2D eigenvalue weighted by atomic mass is 16.2. The van der Waals surface area contributed by atoms with E-state index in [1.807, 2.05) is 11.8 Å². The maximum atomic E-state index is 11.9. The fourth-order valence-electron chi connectivity index (χ4n) is 3.94. The van der Waals surface area contributed by atoms with Gasteiger partial charge < -0.3 is 9.80 Å². The van der Waals surface area contributed by atoms with Gasteiger partial charge in [-0.3, -0.25) is 10.7 Å². The Morgan fingerprint density at radius 2 is 2.00 bits per heavy atom. The Balaban J connectivity index is 1.96. The molecule has 0 aromatic rings. The molecule has 0 radical (unpaired) electrons. The molecule has 3 aliphatic heterocycles. The van der Waals surface area contributed by atoms with E-state index >= 15 is 0 Å². The van der Waals surface area contributed by atoms with Crippen molar-refractivity contribution < 1.29 is 4.79 Å². The number of amides is 2. The highest BCUT2D eigenvalue weighted by molar-refractivity contribution is 6.08. The van der Waals surface area contributed by atoms with E-state index in [1.54, 1.807) is 0 Å². The van der Waals surface area contributed by atoms with Crippen molar-refractivity contribution in [3.63, 3.8) is 0 Å². The van der Waals surface area contributed by atoms with E-state index < -0.39 is 0 Å². The maximum absolute atomic E-state index is 11.9. The second-order valence-electron chi connectivity index (χ2n) is 5.54. The number of carbonyl (C=O) groups is 1.